The van der Waals surface area contributed by atoms with Crippen LogP contribution < -0.4 is 0 Å². The number of aliphatic hydroxyl groups is 1. The highest BCUT2D eigenvalue weighted by Crippen LogP contribution is 2.77. The van der Waals surface area contributed by atoms with Crippen molar-refractivity contribution in [3.63, 3.8) is 0 Å². The molecule has 11 atom stereocenters. The molecule has 37 heavy (non-hydrogen) atoms. The van der Waals surface area contributed by atoms with Crippen molar-refractivity contribution in [2.24, 2.45) is 50.7 Å². The lowest BCUT2D eigenvalue weighted by Crippen LogP contribution is -2.67. The van der Waals surface area contributed by atoms with Crippen LogP contribution in [-0.2, 0) is 19.1 Å². The first kappa shape index (κ1) is 25.9. The molecule has 1 heterocycles. The first-order chi connectivity index (χ1) is 17.1. The van der Waals surface area contributed by atoms with Crippen molar-refractivity contribution in [3.05, 3.63) is 11.6 Å². The highest BCUT2D eigenvalue weighted by Gasteiger charge is 2.75. The van der Waals surface area contributed by atoms with Crippen LogP contribution in [0.5, 0.6) is 0 Å². The lowest BCUT2D eigenvalue weighted by molar-refractivity contribution is -0.237. The van der Waals surface area contributed by atoms with E-state index >= 15 is 0 Å². The van der Waals surface area contributed by atoms with Crippen molar-refractivity contribution in [1.29, 1.82) is 0 Å². The molecule has 0 amide bonds. The molecule has 6 aliphatic rings. The third-order valence-corrected chi connectivity index (χ3v) is 14.0. The van der Waals surface area contributed by atoms with Crippen LogP contribution in [-0.4, -0.2) is 34.9 Å². The molecule has 1 aliphatic heterocycles. The normalized spacial score (nSPS) is 55.6. The molecule has 5 nitrogen and oxygen atoms in total. The van der Waals surface area contributed by atoms with Gasteiger partial charge in [-0.2, -0.15) is 0 Å². The summed E-state index contributed by atoms with van der Waals surface area (Å²) >= 11 is 0. The van der Waals surface area contributed by atoms with Crippen molar-refractivity contribution in [2.45, 2.75) is 125 Å². The second kappa shape index (κ2) is 7.43. The minimum Gasteiger partial charge on any atom is -0.460 e. The maximum absolute atomic E-state index is 13.5. The predicted octanol–water partition coefficient (Wildman–Crippen LogP) is 6.23. The quantitative estimate of drug-likeness (QED) is 0.333. The Morgan fingerprint density at radius 1 is 1.03 bits per heavy atom. The predicted molar refractivity (Wildman–Crippen MR) is 141 cm³/mol. The molecular weight excluding hydrogens is 464 g/mol. The minimum absolute atomic E-state index is 0.00149. The van der Waals surface area contributed by atoms with Crippen molar-refractivity contribution in [2.75, 3.05) is 0 Å². The topological polar surface area (TPSA) is 72.8 Å². The molecule has 6 rings (SSSR count). The molecule has 1 saturated heterocycles. The van der Waals surface area contributed by atoms with E-state index in [0.717, 1.165) is 44.9 Å². The second-order valence-electron chi connectivity index (χ2n) is 15.5. The Hall–Kier alpha value is -1.36. The fourth-order valence-corrected chi connectivity index (χ4v) is 11.7. The molecule has 0 spiro atoms. The number of rotatable bonds is 1. The van der Waals surface area contributed by atoms with E-state index in [4.69, 9.17) is 9.47 Å². The Balaban J connectivity index is 1.46. The molecule has 4 saturated carbocycles. The summed E-state index contributed by atoms with van der Waals surface area (Å²) in [6, 6.07) is 0. The third-order valence-electron chi connectivity index (χ3n) is 14.0. The fourth-order valence-electron chi connectivity index (χ4n) is 11.7. The van der Waals surface area contributed by atoms with E-state index in [9.17, 15) is 14.7 Å². The van der Waals surface area contributed by atoms with Crippen molar-refractivity contribution >= 4 is 11.9 Å². The lowest BCUT2D eigenvalue weighted by atomic mass is 9.33. The first-order valence-electron chi connectivity index (χ1n) is 14.9. The van der Waals surface area contributed by atoms with Gasteiger partial charge in [0.1, 0.15) is 11.7 Å². The van der Waals surface area contributed by atoms with E-state index in [-0.39, 0.29) is 44.9 Å². The van der Waals surface area contributed by atoms with Gasteiger partial charge < -0.3 is 14.6 Å². The summed E-state index contributed by atoms with van der Waals surface area (Å²) in [7, 11) is 0. The Kier molecular flexibility index (Phi) is 5.20. The second-order valence-corrected chi connectivity index (χ2v) is 15.5. The highest BCUT2D eigenvalue weighted by molar-refractivity contribution is 5.82. The van der Waals surface area contributed by atoms with Gasteiger partial charge in [0.05, 0.1) is 11.5 Å². The number of carbonyl (C=O) groups is 2. The van der Waals surface area contributed by atoms with Crippen LogP contribution in [0.3, 0.4) is 0 Å². The number of esters is 2. The number of carbonyl (C=O) groups excluding carboxylic acids is 2. The Morgan fingerprint density at radius 3 is 2.41 bits per heavy atom. The van der Waals surface area contributed by atoms with E-state index in [2.05, 4.69) is 54.5 Å². The number of aliphatic hydroxyl groups excluding tert-OH is 1. The van der Waals surface area contributed by atoms with Crippen LogP contribution in [0.2, 0.25) is 0 Å². The summed E-state index contributed by atoms with van der Waals surface area (Å²) in [5, 5.41) is 11.3. The summed E-state index contributed by atoms with van der Waals surface area (Å²) < 4.78 is 12.1. The van der Waals surface area contributed by atoms with Crippen LogP contribution >= 0.6 is 0 Å². The minimum atomic E-state index is -0.652. The molecule has 5 fully saturated rings. The summed E-state index contributed by atoms with van der Waals surface area (Å²) in [6.07, 6.45) is 9.29. The third kappa shape index (κ3) is 2.86. The van der Waals surface area contributed by atoms with Gasteiger partial charge in [-0.3, -0.25) is 9.59 Å². The smallest absolute Gasteiger partial charge is 0.313 e. The highest BCUT2D eigenvalue weighted by atomic mass is 16.6. The number of ether oxygens (including phenoxy) is 2. The van der Waals surface area contributed by atoms with Crippen LogP contribution in [0.15, 0.2) is 11.6 Å². The molecule has 5 heteroatoms. The number of allylic oxidation sites excluding steroid dienone is 1. The summed E-state index contributed by atoms with van der Waals surface area (Å²) in [5.74, 6) is 1.08. The summed E-state index contributed by atoms with van der Waals surface area (Å²) in [5.41, 5.74) is 0.446. The van der Waals surface area contributed by atoms with E-state index in [1.54, 1.807) is 0 Å². The zero-order chi connectivity index (χ0) is 27.0. The summed E-state index contributed by atoms with van der Waals surface area (Å²) in [6.45, 7) is 17.8. The van der Waals surface area contributed by atoms with E-state index in [1.165, 1.54) is 12.5 Å². The molecule has 206 valence electrons. The number of hydrogen-bond donors (Lipinski definition) is 1. The van der Waals surface area contributed by atoms with Gasteiger partial charge in [-0.1, -0.05) is 53.2 Å². The van der Waals surface area contributed by atoms with Crippen LogP contribution in [0.4, 0.5) is 0 Å². The molecule has 5 aliphatic carbocycles. The monoisotopic (exact) mass is 512 g/mol. The molecule has 0 aromatic rings. The molecular formula is C32H48O5. The Bertz CT molecular complexity index is 1080. The van der Waals surface area contributed by atoms with Gasteiger partial charge in [0, 0.05) is 12.8 Å². The number of hydrogen-bond acceptors (Lipinski definition) is 5. The average molecular weight is 513 g/mol. The number of fused-ring (bicyclic) bond motifs is 5. The maximum Gasteiger partial charge on any atom is 0.313 e. The van der Waals surface area contributed by atoms with Gasteiger partial charge in [-0.25, -0.2) is 0 Å². The van der Waals surface area contributed by atoms with Gasteiger partial charge in [-0.05, 0) is 97.7 Å². The van der Waals surface area contributed by atoms with Crippen molar-refractivity contribution in [3.8, 4) is 0 Å². The summed E-state index contributed by atoms with van der Waals surface area (Å²) in [4.78, 5) is 25.5. The van der Waals surface area contributed by atoms with Gasteiger partial charge in [-0.15, -0.1) is 0 Å². The zero-order valence-corrected chi connectivity index (χ0v) is 24.3. The fraction of sp³-hybridized carbons (Fsp3) is 0.875. The van der Waals surface area contributed by atoms with Gasteiger partial charge >= 0.3 is 11.9 Å². The van der Waals surface area contributed by atoms with E-state index < -0.39 is 17.8 Å². The lowest BCUT2D eigenvalue weighted by Gasteiger charge is -2.71. The molecule has 0 aromatic heterocycles. The van der Waals surface area contributed by atoms with Crippen LogP contribution in [0.1, 0.15) is 107 Å². The molecule has 0 radical (unpaired) electrons. The standard InChI is InChI=1S/C32H48O5/c1-18-11-14-32-16-15-29(6)20(24(32)31(18,8)37-26(32)35)9-10-23-28(5)17-21(36-19(2)33)25(34)27(3,4)22(28)12-13-30(23,29)7/h9,18,21-25,34H,10-17H2,1-8H3. The van der Waals surface area contributed by atoms with Crippen LogP contribution in [0.25, 0.3) is 0 Å². The SMILES string of the molecule is CC(=O)OC1CC2(C)C(CCC3(C)C2CC=C2C4C5(CCC(C)C4(C)OC5=O)CCC23C)C(C)(C)C1O. The zero-order valence-electron chi connectivity index (χ0n) is 24.3. The van der Waals surface area contributed by atoms with Crippen molar-refractivity contribution in [1.82, 2.24) is 0 Å². The van der Waals surface area contributed by atoms with Gasteiger partial charge in [0.15, 0.2) is 0 Å². The Labute approximate surface area is 223 Å². The van der Waals surface area contributed by atoms with Crippen LogP contribution in [0, 0.1) is 50.7 Å². The largest absolute Gasteiger partial charge is 0.460 e. The van der Waals surface area contributed by atoms with Crippen molar-refractivity contribution < 1.29 is 24.2 Å². The molecule has 11 unspecified atom stereocenters. The molecule has 1 N–H and O–H groups in total. The van der Waals surface area contributed by atoms with Gasteiger partial charge in [0.25, 0.3) is 0 Å². The van der Waals surface area contributed by atoms with E-state index in [1.807, 2.05) is 0 Å². The first-order valence-corrected chi connectivity index (χ1v) is 14.9. The average Bonchev–Trinajstić information content (AvgIpc) is 2.97. The van der Waals surface area contributed by atoms with E-state index in [0.29, 0.717) is 24.2 Å². The molecule has 0 aromatic carbocycles. The van der Waals surface area contributed by atoms with Gasteiger partial charge in [0.2, 0.25) is 0 Å². The Morgan fingerprint density at radius 2 is 1.73 bits per heavy atom. The maximum atomic E-state index is 13.5. The molecule has 2 bridgehead atoms.